The van der Waals surface area contributed by atoms with E-state index in [1.807, 2.05) is 0 Å². The number of para-hydroxylation sites is 1. The lowest BCUT2D eigenvalue weighted by atomic mass is 10.1. The molecule has 2 aromatic carbocycles. The number of nitrogens with zero attached hydrogens (tertiary/aromatic N) is 2. The standard InChI is InChI=1S/C20H18FN3O4S/c21-14-4-3-5-15(12-14)29(27,28)24-10-8-23(9-11-24)20(26)17-13-19(25)22-18-7-2-1-6-16(17)18/h1-7,12-13H,8-11H2,(H,22,25). The normalized spacial score (nSPS) is 15.6. The van der Waals surface area contributed by atoms with E-state index in [0.717, 1.165) is 6.07 Å². The fourth-order valence-electron chi connectivity index (χ4n) is 3.46. The number of nitrogens with one attached hydrogen (secondary N) is 1. The van der Waals surface area contributed by atoms with Crippen LogP contribution in [0, 0.1) is 5.82 Å². The van der Waals surface area contributed by atoms with E-state index in [2.05, 4.69) is 4.98 Å². The molecule has 0 spiro atoms. The van der Waals surface area contributed by atoms with Gasteiger partial charge < -0.3 is 9.88 Å². The quantitative estimate of drug-likeness (QED) is 0.707. The van der Waals surface area contributed by atoms with Crippen LogP contribution in [0.4, 0.5) is 4.39 Å². The average molecular weight is 415 g/mol. The molecule has 1 aromatic heterocycles. The van der Waals surface area contributed by atoms with Crippen molar-refractivity contribution < 1.29 is 17.6 Å². The number of hydrogen-bond donors (Lipinski definition) is 1. The van der Waals surface area contributed by atoms with Crippen molar-refractivity contribution in [3.05, 3.63) is 76.3 Å². The molecule has 0 unspecified atom stereocenters. The fourth-order valence-corrected chi connectivity index (χ4v) is 4.91. The second kappa shape index (κ2) is 7.41. The highest BCUT2D eigenvalue weighted by molar-refractivity contribution is 7.89. The molecular weight excluding hydrogens is 397 g/mol. The van der Waals surface area contributed by atoms with E-state index in [9.17, 15) is 22.4 Å². The zero-order valence-corrected chi connectivity index (χ0v) is 16.2. The largest absolute Gasteiger partial charge is 0.336 e. The summed E-state index contributed by atoms with van der Waals surface area (Å²) in [5.41, 5.74) is 0.473. The molecule has 0 aliphatic carbocycles. The molecule has 1 N–H and O–H groups in total. The van der Waals surface area contributed by atoms with Crippen LogP contribution < -0.4 is 5.56 Å². The molecule has 150 valence electrons. The summed E-state index contributed by atoms with van der Waals surface area (Å²) >= 11 is 0. The van der Waals surface area contributed by atoms with Gasteiger partial charge in [-0.25, -0.2) is 12.8 Å². The minimum atomic E-state index is -3.84. The Kier molecular flexibility index (Phi) is 4.93. The van der Waals surface area contributed by atoms with Gasteiger partial charge in [0, 0.05) is 43.1 Å². The maximum absolute atomic E-state index is 13.4. The van der Waals surface area contributed by atoms with Crippen molar-refractivity contribution in [1.29, 1.82) is 0 Å². The first-order valence-corrected chi connectivity index (χ1v) is 10.5. The Morgan fingerprint density at radius 2 is 1.69 bits per heavy atom. The first-order valence-electron chi connectivity index (χ1n) is 9.03. The third-order valence-corrected chi connectivity index (χ3v) is 6.84. The van der Waals surface area contributed by atoms with E-state index in [1.54, 1.807) is 24.3 Å². The highest BCUT2D eigenvalue weighted by Crippen LogP contribution is 2.21. The van der Waals surface area contributed by atoms with Crippen molar-refractivity contribution in [2.75, 3.05) is 26.2 Å². The number of hydrogen-bond acceptors (Lipinski definition) is 4. The first-order chi connectivity index (χ1) is 13.9. The molecule has 2 heterocycles. The number of halogens is 1. The van der Waals surface area contributed by atoms with Crippen LogP contribution in [0.3, 0.4) is 0 Å². The molecule has 1 saturated heterocycles. The Morgan fingerprint density at radius 3 is 2.41 bits per heavy atom. The topological polar surface area (TPSA) is 90.6 Å². The Labute approximate surface area is 166 Å². The lowest BCUT2D eigenvalue weighted by Crippen LogP contribution is -2.50. The lowest BCUT2D eigenvalue weighted by Gasteiger charge is -2.34. The second-order valence-corrected chi connectivity index (χ2v) is 8.68. The Balaban J connectivity index is 1.55. The van der Waals surface area contributed by atoms with Gasteiger partial charge in [0.25, 0.3) is 5.91 Å². The fraction of sp³-hybridized carbons (Fsp3) is 0.200. The highest BCUT2D eigenvalue weighted by atomic mass is 32.2. The van der Waals surface area contributed by atoms with Gasteiger partial charge in [0.2, 0.25) is 15.6 Å². The Morgan fingerprint density at radius 1 is 0.966 bits per heavy atom. The maximum atomic E-state index is 13.4. The number of H-pyrrole nitrogens is 1. The van der Waals surface area contributed by atoms with E-state index in [4.69, 9.17) is 0 Å². The summed E-state index contributed by atoms with van der Waals surface area (Å²) in [7, 11) is -3.84. The smallest absolute Gasteiger partial charge is 0.254 e. The molecule has 7 nitrogen and oxygen atoms in total. The van der Waals surface area contributed by atoms with Gasteiger partial charge in [-0.05, 0) is 24.3 Å². The number of piperazine rings is 1. The number of sulfonamides is 1. The van der Waals surface area contributed by atoms with E-state index in [0.29, 0.717) is 10.9 Å². The summed E-state index contributed by atoms with van der Waals surface area (Å²) < 4.78 is 40.1. The predicted molar refractivity (Wildman–Crippen MR) is 106 cm³/mol. The molecule has 9 heteroatoms. The monoisotopic (exact) mass is 415 g/mol. The molecule has 3 aromatic rings. The molecule has 0 bridgehead atoms. The maximum Gasteiger partial charge on any atom is 0.254 e. The molecule has 29 heavy (non-hydrogen) atoms. The van der Waals surface area contributed by atoms with E-state index in [-0.39, 0.29) is 48.1 Å². The summed E-state index contributed by atoms with van der Waals surface area (Å²) in [5, 5.41) is 0.631. The van der Waals surface area contributed by atoms with Crippen molar-refractivity contribution in [3.63, 3.8) is 0 Å². The number of amides is 1. The Bertz CT molecular complexity index is 1250. The summed E-state index contributed by atoms with van der Waals surface area (Å²) in [4.78, 5) is 29.0. The van der Waals surface area contributed by atoms with Crippen LogP contribution in [0.25, 0.3) is 10.9 Å². The summed E-state index contributed by atoms with van der Waals surface area (Å²) in [6.07, 6.45) is 0. The van der Waals surface area contributed by atoms with Gasteiger partial charge in [-0.2, -0.15) is 4.31 Å². The summed E-state index contributed by atoms with van der Waals surface area (Å²) in [5.74, 6) is -0.948. The molecule has 0 radical (unpaired) electrons. The van der Waals surface area contributed by atoms with Crippen LogP contribution in [-0.2, 0) is 10.0 Å². The first kappa shape index (κ1) is 19.3. The number of rotatable bonds is 3. The SMILES string of the molecule is O=C(c1cc(=O)[nH]c2ccccc12)N1CCN(S(=O)(=O)c2cccc(F)c2)CC1. The van der Waals surface area contributed by atoms with Gasteiger partial charge in [-0.15, -0.1) is 0 Å². The zero-order chi connectivity index (χ0) is 20.6. The second-order valence-electron chi connectivity index (χ2n) is 6.75. The third-order valence-electron chi connectivity index (χ3n) is 4.94. The minimum absolute atomic E-state index is 0.0890. The van der Waals surface area contributed by atoms with Gasteiger partial charge >= 0.3 is 0 Å². The molecule has 1 fully saturated rings. The van der Waals surface area contributed by atoms with Crippen molar-refractivity contribution in [2.45, 2.75) is 4.90 Å². The molecule has 0 atom stereocenters. The zero-order valence-electron chi connectivity index (χ0n) is 15.3. The highest BCUT2D eigenvalue weighted by Gasteiger charge is 2.31. The van der Waals surface area contributed by atoms with Gasteiger partial charge in [0.1, 0.15) is 5.82 Å². The number of benzene rings is 2. The van der Waals surface area contributed by atoms with Crippen LogP contribution in [0.15, 0.2) is 64.3 Å². The van der Waals surface area contributed by atoms with E-state index in [1.165, 1.54) is 33.5 Å². The van der Waals surface area contributed by atoms with Crippen LogP contribution in [0.2, 0.25) is 0 Å². The number of aromatic nitrogens is 1. The van der Waals surface area contributed by atoms with E-state index < -0.39 is 15.8 Å². The summed E-state index contributed by atoms with van der Waals surface area (Å²) in [6, 6.07) is 13.1. The van der Waals surface area contributed by atoms with E-state index >= 15 is 0 Å². The van der Waals surface area contributed by atoms with Crippen LogP contribution in [-0.4, -0.2) is 54.7 Å². The van der Waals surface area contributed by atoms with Crippen molar-refractivity contribution in [2.24, 2.45) is 0 Å². The van der Waals surface area contributed by atoms with Gasteiger partial charge in [-0.3, -0.25) is 9.59 Å². The lowest BCUT2D eigenvalue weighted by molar-refractivity contribution is 0.0699. The molecule has 1 aliphatic rings. The molecular formula is C20H18FN3O4S. The molecule has 1 amide bonds. The molecule has 0 saturated carbocycles. The molecule has 1 aliphatic heterocycles. The van der Waals surface area contributed by atoms with Gasteiger partial charge in [-0.1, -0.05) is 24.3 Å². The number of carbonyl (C=O) groups excluding carboxylic acids is 1. The van der Waals surface area contributed by atoms with Crippen molar-refractivity contribution >= 4 is 26.8 Å². The van der Waals surface area contributed by atoms with Crippen molar-refractivity contribution in [3.8, 4) is 0 Å². The van der Waals surface area contributed by atoms with Crippen LogP contribution in [0.1, 0.15) is 10.4 Å². The van der Waals surface area contributed by atoms with Crippen LogP contribution in [0.5, 0.6) is 0 Å². The average Bonchev–Trinajstić information content (AvgIpc) is 2.72. The van der Waals surface area contributed by atoms with Crippen LogP contribution >= 0.6 is 0 Å². The van der Waals surface area contributed by atoms with Gasteiger partial charge in [0.05, 0.1) is 10.5 Å². The number of pyridine rings is 1. The third kappa shape index (κ3) is 3.66. The number of carbonyl (C=O) groups is 1. The van der Waals surface area contributed by atoms with Gasteiger partial charge in [0.15, 0.2) is 0 Å². The minimum Gasteiger partial charge on any atom is -0.336 e. The number of fused-ring (bicyclic) bond motifs is 1. The Hall–Kier alpha value is -3.04. The predicted octanol–water partition coefficient (Wildman–Crippen LogP) is 1.81. The summed E-state index contributed by atoms with van der Waals surface area (Å²) in [6.45, 7) is 0.528. The van der Waals surface area contributed by atoms with Crippen molar-refractivity contribution in [1.82, 2.24) is 14.2 Å². The number of aromatic amines is 1. The molecule has 4 rings (SSSR count).